The van der Waals surface area contributed by atoms with Crippen molar-refractivity contribution >= 4 is 13.1 Å². The van der Waals surface area contributed by atoms with Crippen LogP contribution in [0.2, 0.25) is 0 Å². The Morgan fingerprint density at radius 1 is 1.33 bits per heavy atom. The van der Waals surface area contributed by atoms with Gasteiger partial charge in [-0.1, -0.05) is 5.10 Å². The van der Waals surface area contributed by atoms with Crippen LogP contribution in [0.15, 0.2) is 12.1 Å². The van der Waals surface area contributed by atoms with Crippen molar-refractivity contribution in [1.82, 2.24) is 5.10 Å². The van der Waals surface area contributed by atoms with E-state index < -0.39 is 13.2 Å². The summed E-state index contributed by atoms with van der Waals surface area (Å²) in [6.45, 7) is 1.29. The lowest BCUT2D eigenvalue weighted by molar-refractivity contribution is -0.719. The fourth-order valence-corrected chi connectivity index (χ4v) is 0.941. The van der Waals surface area contributed by atoms with E-state index in [2.05, 4.69) is 10.4 Å². The van der Waals surface area contributed by atoms with Crippen LogP contribution in [0.3, 0.4) is 0 Å². The van der Waals surface area contributed by atoms with Crippen molar-refractivity contribution in [1.29, 1.82) is 0 Å². The van der Waals surface area contributed by atoms with Crippen LogP contribution in [0.1, 0.15) is 0 Å². The average molecular weight is 273 g/mol. The van der Waals surface area contributed by atoms with Crippen LogP contribution in [0.5, 0.6) is 0 Å². The summed E-state index contributed by atoms with van der Waals surface area (Å²) >= 11 is 0. The van der Waals surface area contributed by atoms with Crippen LogP contribution >= 0.6 is 0 Å². The van der Waals surface area contributed by atoms with E-state index in [0.717, 1.165) is 5.82 Å². The smallest absolute Gasteiger partial charge is 0.418 e. The number of hydrogen-bond acceptors (Lipinski definition) is 3. The van der Waals surface area contributed by atoms with Crippen molar-refractivity contribution < 1.29 is 31.1 Å². The highest BCUT2D eigenvalue weighted by Gasteiger charge is 2.20. The lowest BCUT2D eigenvalue weighted by Gasteiger charge is -2.00. The van der Waals surface area contributed by atoms with Gasteiger partial charge in [0, 0.05) is 19.2 Å². The standard InChI is InChI=1S/C8H12FN3O.BF4/c1-12-8(10-5-6-13-2)4-3-7(9)11-12;2-1(3,4)5/h3-4H,5-6H2,1-2H3;/q;-1/p+1. The maximum absolute atomic E-state index is 12.6. The summed E-state index contributed by atoms with van der Waals surface area (Å²) in [5.41, 5.74) is 0. The Bertz CT molecular complexity index is 357. The van der Waals surface area contributed by atoms with E-state index in [-0.39, 0.29) is 0 Å². The molecule has 0 aliphatic rings. The Balaban J connectivity index is 0.000000494. The van der Waals surface area contributed by atoms with Gasteiger partial charge in [-0.05, 0) is 0 Å². The van der Waals surface area contributed by atoms with Crippen molar-refractivity contribution in [2.75, 3.05) is 25.6 Å². The predicted molar refractivity (Wildman–Crippen MR) is 55.9 cm³/mol. The molecular weight excluding hydrogens is 260 g/mol. The Labute approximate surface area is 101 Å². The van der Waals surface area contributed by atoms with Crippen LogP contribution in [0.4, 0.5) is 27.5 Å². The first-order chi connectivity index (χ1) is 8.24. The maximum Gasteiger partial charge on any atom is 0.673 e. The molecule has 1 aromatic rings. The molecule has 0 radical (unpaired) electrons. The second kappa shape index (κ2) is 7.80. The minimum Gasteiger partial charge on any atom is -0.418 e. The highest BCUT2D eigenvalue weighted by atomic mass is 19.5. The number of rotatable bonds is 4. The van der Waals surface area contributed by atoms with E-state index in [9.17, 15) is 21.7 Å². The third kappa shape index (κ3) is 9.76. The zero-order valence-electron chi connectivity index (χ0n) is 9.84. The molecule has 0 aromatic carbocycles. The highest BCUT2D eigenvalue weighted by molar-refractivity contribution is 6.50. The van der Waals surface area contributed by atoms with Gasteiger partial charge in [0.05, 0.1) is 6.61 Å². The number of hydrogen-bond donors (Lipinski definition) is 1. The molecule has 0 saturated carbocycles. The summed E-state index contributed by atoms with van der Waals surface area (Å²) in [6, 6.07) is 2.95. The number of nitrogens with zero attached hydrogens (tertiary/aromatic N) is 2. The van der Waals surface area contributed by atoms with Gasteiger partial charge in [-0.3, -0.25) is 5.32 Å². The maximum atomic E-state index is 12.6. The van der Waals surface area contributed by atoms with Gasteiger partial charge in [-0.15, -0.1) is 4.68 Å². The van der Waals surface area contributed by atoms with Gasteiger partial charge < -0.3 is 22.0 Å². The summed E-state index contributed by atoms with van der Waals surface area (Å²) in [7, 11) is -2.69. The Morgan fingerprint density at radius 2 is 1.89 bits per heavy atom. The van der Waals surface area contributed by atoms with Gasteiger partial charge in [-0.2, -0.15) is 4.39 Å². The summed E-state index contributed by atoms with van der Waals surface area (Å²) in [6.07, 6.45) is 0. The number of anilines is 1. The summed E-state index contributed by atoms with van der Waals surface area (Å²) in [5, 5.41) is 6.65. The van der Waals surface area contributed by atoms with E-state index >= 15 is 0 Å². The van der Waals surface area contributed by atoms with Crippen LogP contribution < -0.4 is 10.00 Å². The quantitative estimate of drug-likeness (QED) is 0.390. The second-order valence-electron chi connectivity index (χ2n) is 3.08. The molecule has 0 fully saturated rings. The summed E-state index contributed by atoms with van der Waals surface area (Å²) in [4.78, 5) is 0. The highest BCUT2D eigenvalue weighted by Crippen LogP contribution is 2.06. The van der Waals surface area contributed by atoms with Crippen LogP contribution in [-0.4, -0.2) is 32.6 Å². The van der Waals surface area contributed by atoms with Crippen LogP contribution in [0, 0.1) is 5.95 Å². The summed E-state index contributed by atoms with van der Waals surface area (Å²) < 4.78 is 57.9. The first kappa shape index (κ1) is 16.6. The molecule has 0 bridgehead atoms. The number of aromatic nitrogens is 2. The molecule has 10 heteroatoms. The van der Waals surface area contributed by atoms with Gasteiger partial charge in [-0.25, -0.2) is 0 Å². The van der Waals surface area contributed by atoms with Gasteiger partial charge in [0.15, 0.2) is 0 Å². The number of nitrogens with one attached hydrogen (secondary N) is 1. The third-order valence-electron chi connectivity index (χ3n) is 1.59. The molecule has 0 saturated heterocycles. The largest absolute Gasteiger partial charge is 0.673 e. The van der Waals surface area contributed by atoms with E-state index in [1.165, 1.54) is 10.7 Å². The molecule has 0 aliphatic heterocycles. The van der Waals surface area contributed by atoms with E-state index in [0.29, 0.717) is 13.2 Å². The Kier molecular flexibility index (Phi) is 7.17. The predicted octanol–water partition coefficient (Wildman–Crippen LogP) is 1.40. The molecule has 18 heavy (non-hydrogen) atoms. The molecule has 1 aromatic heterocycles. The average Bonchev–Trinajstić information content (AvgIpc) is 2.19. The SMILES string of the molecule is COCCNc1ccc(F)n[n+]1C.F[B-](F)(F)F. The van der Waals surface area contributed by atoms with Crippen molar-refractivity contribution in [3.05, 3.63) is 18.1 Å². The van der Waals surface area contributed by atoms with E-state index in [4.69, 9.17) is 4.74 Å². The number of ether oxygens (including phenoxy) is 1. The minimum atomic E-state index is -6.00. The number of aryl methyl sites for hydroxylation is 1. The molecule has 1 rings (SSSR count). The third-order valence-corrected chi connectivity index (χ3v) is 1.59. The lowest BCUT2D eigenvalue weighted by Crippen LogP contribution is -2.38. The molecule has 0 spiro atoms. The van der Waals surface area contributed by atoms with Crippen LogP contribution in [0.25, 0.3) is 0 Å². The normalized spacial score (nSPS) is 10.6. The topological polar surface area (TPSA) is 38.0 Å². The molecule has 4 nitrogen and oxygen atoms in total. The van der Waals surface area contributed by atoms with Crippen molar-refractivity contribution in [3.63, 3.8) is 0 Å². The fraction of sp³-hybridized carbons (Fsp3) is 0.500. The van der Waals surface area contributed by atoms with Crippen molar-refractivity contribution in [2.45, 2.75) is 0 Å². The lowest BCUT2D eigenvalue weighted by atomic mass is 10.3. The van der Waals surface area contributed by atoms with E-state index in [1.54, 1.807) is 20.2 Å². The van der Waals surface area contributed by atoms with Crippen molar-refractivity contribution in [2.24, 2.45) is 7.05 Å². The molecule has 0 aliphatic carbocycles. The molecule has 0 amide bonds. The monoisotopic (exact) mass is 273 g/mol. The Hall–Kier alpha value is -1.45. The number of halogens is 5. The molecule has 104 valence electrons. The summed E-state index contributed by atoms with van der Waals surface area (Å²) in [5.74, 6) is 0.276. The second-order valence-corrected chi connectivity index (χ2v) is 3.08. The molecule has 1 heterocycles. The number of methoxy groups -OCH3 is 1. The molecule has 0 atom stereocenters. The zero-order chi connectivity index (χ0) is 14.2. The molecular formula is C8H13BF5N3O. The van der Waals surface area contributed by atoms with Crippen molar-refractivity contribution in [3.8, 4) is 0 Å². The van der Waals surface area contributed by atoms with Gasteiger partial charge in [0.2, 0.25) is 0 Å². The molecule has 1 N–H and O–H groups in total. The van der Waals surface area contributed by atoms with Crippen LogP contribution in [-0.2, 0) is 11.8 Å². The zero-order valence-corrected chi connectivity index (χ0v) is 9.84. The van der Waals surface area contributed by atoms with Gasteiger partial charge in [0.25, 0.3) is 11.8 Å². The van der Waals surface area contributed by atoms with Gasteiger partial charge >= 0.3 is 7.25 Å². The van der Waals surface area contributed by atoms with Gasteiger partial charge in [0.1, 0.15) is 13.6 Å². The minimum absolute atomic E-state index is 0.486. The first-order valence-electron chi connectivity index (χ1n) is 4.87. The fourth-order valence-electron chi connectivity index (χ4n) is 0.941. The van der Waals surface area contributed by atoms with E-state index in [1.807, 2.05) is 0 Å². The first-order valence-corrected chi connectivity index (χ1v) is 4.87. The Morgan fingerprint density at radius 3 is 2.33 bits per heavy atom. The molecule has 0 unspecified atom stereocenters.